The Labute approximate surface area is 162 Å². The predicted octanol–water partition coefficient (Wildman–Crippen LogP) is 0.0369. The van der Waals surface area contributed by atoms with Gasteiger partial charge in [-0.25, -0.2) is 0 Å². The van der Waals surface area contributed by atoms with E-state index in [0.29, 0.717) is 5.76 Å². The maximum atomic E-state index is 12.8. The summed E-state index contributed by atoms with van der Waals surface area (Å²) in [4.78, 5) is 49.9. The highest BCUT2D eigenvalue weighted by Gasteiger charge is 2.51. The van der Waals surface area contributed by atoms with Gasteiger partial charge in [-0.05, 0) is 44.5 Å². The fourth-order valence-electron chi connectivity index (χ4n) is 3.97. The molecule has 0 aromatic heterocycles. The minimum atomic E-state index is -0.908. The highest BCUT2D eigenvalue weighted by atomic mass is 35.5. The third-order valence-electron chi connectivity index (χ3n) is 5.35. The summed E-state index contributed by atoms with van der Waals surface area (Å²) in [6.45, 7) is 1.79. The number of rotatable bonds is 3. The van der Waals surface area contributed by atoms with Gasteiger partial charge in [-0.2, -0.15) is 0 Å². The Balaban J connectivity index is 0.00000210. The molecule has 2 N–H and O–H groups in total. The zero-order chi connectivity index (χ0) is 18.3. The van der Waals surface area contributed by atoms with E-state index in [2.05, 4.69) is 10.6 Å². The van der Waals surface area contributed by atoms with E-state index < -0.39 is 29.7 Å². The van der Waals surface area contributed by atoms with Crippen molar-refractivity contribution in [2.75, 3.05) is 13.1 Å². The number of nitrogens with zero attached hydrogens (tertiary/aromatic N) is 1. The lowest BCUT2D eigenvalue weighted by molar-refractivity contribution is -0.151. The lowest BCUT2D eigenvalue weighted by Crippen LogP contribution is -2.54. The standard InChI is InChI=1S/C18H21N3O5.ClH/c22-15-4-3-14(16(23)20-15)21-17(24)12-2-1-11(9-13(12)18(21)25)26-10-5-7-19-8-6-10;/h1-2,9-10,12-14,19H,3-8H2,(H,20,22,23);1H. The molecule has 3 unspecified atom stereocenters. The summed E-state index contributed by atoms with van der Waals surface area (Å²) < 4.78 is 5.97. The number of fused-ring (bicyclic) bond motifs is 1. The van der Waals surface area contributed by atoms with Crippen LogP contribution in [0.4, 0.5) is 0 Å². The van der Waals surface area contributed by atoms with Crippen molar-refractivity contribution in [3.8, 4) is 0 Å². The smallest absolute Gasteiger partial charge is 0.249 e. The van der Waals surface area contributed by atoms with E-state index in [1.54, 1.807) is 18.2 Å². The average molecular weight is 396 g/mol. The lowest BCUT2D eigenvalue weighted by atomic mass is 9.90. The SMILES string of the molecule is Cl.O=C1CCC(N2C(=O)C3C=CC(OC4CCNCC4)=CC3C2=O)C(=O)N1. The van der Waals surface area contributed by atoms with E-state index in [0.717, 1.165) is 30.8 Å². The van der Waals surface area contributed by atoms with Gasteiger partial charge in [0.1, 0.15) is 17.9 Å². The van der Waals surface area contributed by atoms with Crippen LogP contribution in [0.1, 0.15) is 25.7 Å². The van der Waals surface area contributed by atoms with Crippen LogP contribution in [0.25, 0.3) is 0 Å². The molecule has 3 fully saturated rings. The molecule has 0 aromatic carbocycles. The average Bonchev–Trinajstić information content (AvgIpc) is 2.87. The minimum absolute atomic E-state index is 0. The molecule has 0 spiro atoms. The van der Waals surface area contributed by atoms with Crippen LogP contribution in [-0.4, -0.2) is 53.8 Å². The fourth-order valence-corrected chi connectivity index (χ4v) is 3.97. The van der Waals surface area contributed by atoms with Crippen molar-refractivity contribution in [1.29, 1.82) is 0 Å². The van der Waals surface area contributed by atoms with Gasteiger partial charge >= 0.3 is 0 Å². The topological polar surface area (TPSA) is 105 Å². The number of carbonyl (C=O) groups is 4. The Morgan fingerprint density at radius 2 is 1.70 bits per heavy atom. The number of amides is 4. The van der Waals surface area contributed by atoms with Crippen LogP contribution < -0.4 is 10.6 Å². The van der Waals surface area contributed by atoms with Crippen LogP contribution in [0.15, 0.2) is 24.0 Å². The van der Waals surface area contributed by atoms with Crippen LogP contribution >= 0.6 is 12.4 Å². The first-order valence-corrected chi connectivity index (χ1v) is 9.02. The van der Waals surface area contributed by atoms with Crippen LogP contribution in [-0.2, 0) is 23.9 Å². The summed E-state index contributed by atoms with van der Waals surface area (Å²) in [5, 5.41) is 5.47. The fraction of sp³-hybridized carbons (Fsp3) is 0.556. The number of imide groups is 2. The van der Waals surface area contributed by atoms with Gasteiger partial charge in [0.05, 0.1) is 11.8 Å². The monoisotopic (exact) mass is 395 g/mol. The number of allylic oxidation sites excluding steroid dienone is 1. The summed E-state index contributed by atoms with van der Waals surface area (Å²) in [7, 11) is 0. The first-order valence-electron chi connectivity index (χ1n) is 9.02. The Kier molecular flexibility index (Phi) is 5.67. The van der Waals surface area contributed by atoms with E-state index in [9.17, 15) is 19.2 Å². The summed E-state index contributed by atoms with van der Waals surface area (Å²) in [6, 6.07) is -0.908. The molecule has 0 bridgehead atoms. The maximum Gasteiger partial charge on any atom is 0.249 e. The summed E-state index contributed by atoms with van der Waals surface area (Å²) in [6.07, 6.45) is 7.31. The third-order valence-corrected chi connectivity index (χ3v) is 5.35. The van der Waals surface area contributed by atoms with Crippen LogP contribution in [0.3, 0.4) is 0 Å². The molecule has 0 saturated carbocycles. The van der Waals surface area contributed by atoms with Gasteiger partial charge in [-0.1, -0.05) is 6.08 Å². The van der Waals surface area contributed by atoms with Crippen molar-refractivity contribution in [3.05, 3.63) is 24.0 Å². The quantitative estimate of drug-likeness (QED) is 0.654. The molecule has 3 aliphatic heterocycles. The normalized spacial score (nSPS) is 31.2. The first-order chi connectivity index (χ1) is 12.5. The largest absolute Gasteiger partial charge is 0.491 e. The number of hydrogen-bond donors (Lipinski definition) is 2. The highest BCUT2D eigenvalue weighted by molar-refractivity contribution is 6.12. The van der Waals surface area contributed by atoms with Gasteiger partial charge in [-0.15, -0.1) is 12.4 Å². The molecule has 0 aromatic rings. The minimum Gasteiger partial charge on any atom is -0.491 e. The molecular weight excluding hydrogens is 374 g/mol. The zero-order valence-electron chi connectivity index (χ0n) is 14.7. The molecule has 27 heavy (non-hydrogen) atoms. The molecule has 8 nitrogen and oxygen atoms in total. The van der Waals surface area contributed by atoms with Crippen LogP contribution in [0, 0.1) is 11.8 Å². The second-order valence-corrected chi connectivity index (χ2v) is 7.06. The van der Waals surface area contributed by atoms with Crippen molar-refractivity contribution in [2.45, 2.75) is 37.8 Å². The van der Waals surface area contributed by atoms with Gasteiger partial charge < -0.3 is 10.1 Å². The highest BCUT2D eigenvalue weighted by Crippen LogP contribution is 2.36. The third kappa shape index (κ3) is 3.64. The zero-order valence-corrected chi connectivity index (χ0v) is 15.5. The second kappa shape index (κ2) is 7.82. The van der Waals surface area contributed by atoms with Gasteiger partial charge in [0.2, 0.25) is 23.6 Å². The Morgan fingerprint density at radius 3 is 2.41 bits per heavy atom. The number of likely N-dealkylation sites (tertiary alicyclic amines) is 1. The van der Waals surface area contributed by atoms with Crippen molar-refractivity contribution in [2.24, 2.45) is 11.8 Å². The van der Waals surface area contributed by atoms with Crippen molar-refractivity contribution >= 4 is 36.0 Å². The molecular formula is C18H22ClN3O5. The van der Waals surface area contributed by atoms with Crippen molar-refractivity contribution < 1.29 is 23.9 Å². The first kappa shape index (κ1) is 19.6. The van der Waals surface area contributed by atoms with Gasteiger partial charge in [0.15, 0.2) is 0 Å². The molecule has 3 atom stereocenters. The summed E-state index contributed by atoms with van der Waals surface area (Å²) in [5.74, 6) is -2.39. The number of ether oxygens (including phenoxy) is 1. The van der Waals surface area contributed by atoms with E-state index in [-0.39, 0.29) is 43.2 Å². The second-order valence-electron chi connectivity index (χ2n) is 7.06. The van der Waals surface area contributed by atoms with Crippen LogP contribution in [0.2, 0.25) is 0 Å². The molecule has 3 saturated heterocycles. The molecule has 4 amide bonds. The molecule has 9 heteroatoms. The van der Waals surface area contributed by atoms with Gasteiger partial charge in [0.25, 0.3) is 0 Å². The molecule has 146 valence electrons. The van der Waals surface area contributed by atoms with E-state index in [1.165, 1.54) is 0 Å². The number of nitrogens with one attached hydrogen (secondary N) is 2. The molecule has 1 aliphatic carbocycles. The number of halogens is 1. The lowest BCUT2D eigenvalue weighted by Gasteiger charge is -2.28. The van der Waals surface area contributed by atoms with Crippen molar-refractivity contribution in [1.82, 2.24) is 15.5 Å². The Bertz CT molecular complexity index is 729. The molecule has 4 aliphatic rings. The van der Waals surface area contributed by atoms with Gasteiger partial charge in [0, 0.05) is 6.42 Å². The van der Waals surface area contributed by atoms with E-state index >= 15 is 0 Å². The molecule has 3 heterocycles. The predicted molar refractivity (Wildman–Crippen MR) is 96.5 cm³/mol. The number of hydrogen-bond acceptors (Lipinski definition) is 6. The Morgan fingerprint density at radius 1 is 1.00 bits per heavy atom. The number of piperidine rings is 2. The van der Waals surface area contributed by atoms with Gasteiger partial charge in [-0.3, -0.25) is 29.4 Å². The Hall–Kier alpha value is -2.19. The molecule has 0 radical (unpaired) electrons. The maximum absolute atomic E-state index is 12.8. The number of carbonyl (C=O) groups excluding carboxylic acids is 4. The van der Waals surface area contributed by atoms with Crippen molar-refractivity contribution in [3.63, 3.8) is 0 Å². The summed E-state index contributed by atoms with van der Waals surface area (Å²) in [5.41, 5.74) is 0. The van der Waals surface area contributed by atoms with Crippen LogP contribution in [0.5, 0.6) is 0 Å². The van der Waals surface area contributed by atoms with E-state index in [4.69, 9.17) is 4.74 Å². The van der Waals surface area contributed by atoms with E-state index in [1.807, 2.05) is 0 Å². The molecule has 4 rings (SSSR count). The summed E-state index contributed by atoms with van der Waals surface area (Å²) >= 11 is 0.